The molecule has 2 aromatic rings. The summed E-state index contributed by atoms with van der Waals surface area (Å²) in [5.74, 6) is 1.67. The number of Topliss-reactive ketones (excluding diaryl/α,β-unsaturated/α-hetero) is 1. The average Bonchev–Trinajstić information content (AvgIpc) is 3.20. The van der Waals surface area contributed by atoms with Gasteiger partial charge in [-0.15, -0.1) is 12.4 Å². The van der Waals surface area contributed by atoms with Gasteiger partial charge >= 0.3 is 0 Å². The number of aryl methyl sites for hydroxylation is 1. The molecule has 5 nitrogen and oxygen atoms in total. The monoisotopic (exact) mass is 509 g/mol. The molecule has 192 valence electrons. The molecule has 1 spiro atoms. The van der Waals surface area contributed by atoms with E-state index in [0.717, 1.165) is 56.7 Å². The number of aromatic hydroxyl groups is 1. The molecule has 4 atom stereocenters. The molecule has 2 aliphatic heterocycles. The van der Waals surface area contributed by atoms with Crippen LogP contribution in [0.25, 0.3) is 0 Å². The standard InChI is InChI=1S/C30H35NO4.ClH/c32-23-12-11-22-18-25-30(34-17-5-10-20-6-2-1-3-7-20)14-13-24(33)28-29(30,26(22)27(23)35-28)15-16-31(25)19-21-8-4-9-21;/h1-3,6-7,11-12,21,25,28,32H,4-5,8-10,13-19H2;1H/t25-,28+,29+,30-;/m1./s1. The fourth-order valence-corrected chi connectivity index (χ4v) is 8.08. The summed E-state index contributed by atoms with van der Waals surface area (Å²) in [5.41, 5.74) is 2.72. The first-order chi connectivity index (χ1) is 17.1. The van der Waals surface area contributed by atoms with Crippen molar-refractivity contribution in [2.75, 3.05) is 19.7 Å². The van der Waals surface area contributed by atoms with Gasteiger partial charge in [0, 0.05) is 31.2 Å². The Hall–Kier alpha value is -2.08. The van der Waals surface area contributed by atoms with E-state index in [1.54, 1.807) is 6.07 Å². The van der Waals surface area contributed by atoms with Crippen molar-refractivity contribution in [1.82, 2.24) is 4.90 Å². The normalized spacial score (nSPS) is 32.3. The molecule has 3 aliphatic carbocycles. The Balaban J connectivity index is 0.00000240. The topological polar surface area (TPSA) is 59.0 Å². The van der Waals surface area contributed by atoms with Crippen LogP contribution in [0.5, 0.6) is 11.5 Å². The number of benzene rings is 2. The molecule has 0 amide bonds. The van der Waals surface area contributed by atoms with Crippen molar-refractivity contribution < 1.29 is 19.4 Å². The second-order valence-electron chi connectivity index (χ2n) is 11.5. The summed E-state index contributed by atoms with van der Waals surface area (Å²) >= 11 is 0. The Kier molecular flexibility index (Phi) is 6.09. The van der Waals surface area contributed by atoms with Crippen molar-refractivity contribution in [2.24, 2.45) is 5.92 Å². The zero-order valence-electron chi connectivity index (χ0n) is 20.8. The highest BCUT2D eigenvalue weighted by molar-refractivity contribution is 5.90. The lowest BCUT2D eigenvalue weighted by atomic mass is 9.48. The summed E-state index contributed by atoms with van der Waals surface area (Å²) in [4.78, 5) is 16.0. The smallest absolute Gasteiger partial charge is 0.174 e. The van der Waals surface area contributed by atoms with Crippen molar-refractivity contribution in [3.8, 4) is 11.5 Å². The van der Waals surface area contributed by atoms with Crippen molar-refractivity contribution in [2.45, 2.75) is 80.9 Å². The maximum absolute atomic E-state index is 13.3. The number of carbonyl (C=O) groups excluding carboxylic acids is 1. The molecule has 36 heavy (non-hydrogen) atoms. The summed E-state index contributed by atoms with van der Waals surface area (Å²) in [6.45, 7) is 2.78. The number of piperidine rings is 1. The van der Waals surface area contributed by atoms with E-state index in [1.807, 2.05) is 0 Å². The maximum atomic E-state index is 13.3. The minimum absolute atomic E-state index is 0. The maximum Gasteiger partial charge on any atom is 0.174 e. The highest BCUT2D eigenvalue weighted by atomic mass is 35.5. The number of halogens is 1. The number of ether oxygens (including phenoxy) is 2. The molecule has 0 aromatic heterocycles. The van der Waals surface area contributed by atoms with Crippen molar-refractivity contribution >= 4 is 18.2 Å². The molecule has 2 saturated carbocycles. The average molecular weight is 510 g/mol. The molecule has 0 unspecified atom stereocenters. The van der Waals surface area contributed by atoms with E-state index < -0.39 is 17.1 Å². The first-order valence-corrected chi connectivity index (χ1v) is 13.6. The van der Waals surface area contributed by atoms with Gasteiger partial charge in [0.15, 0.2) is 23.4 Å². The first kappa shape index (κ1) is 24.3. The quantitative estimate of drug-likeness (QED) is 0.532. The predicted molar refractivity (Wildman–Crippen MR) is 140 cm³/mol. The molecule has 7 rings (SSSR count). The highest BCUT2D eigenvalue weighted by Gasteiger charge is 2.74. The molecule has 0 radical (unpaired) electrons. The summed E-state index contributed by atoms with van der Waals surface area (Å²) in [7, 11) is 0. The van der Waals surface area contributed by atoms with E-state index in [2.05, 4.69) is 41.3 Å². The second-order valence-corrected chi connectivity index (χ2v) is 11.5. The Morgan fingerprint density at radius 3 is 2.72 bits per heavy atom. The van der Waals surface area contributed by atoms with Gasteiger partial charge in [0.1, 0.15) is 0 Å². The third-order valence-electron chi connectivity index (χ3n) is 9.86. The van der Waals surface area contributed by atoms with Crippen molar-refractivity contribution in [1.29, 1.82) is 0 Å². The molecule has 1 saturated heterocycles. The number of ketones is 1. The van der Waals surface area contributed by atoms with E-state index in [4.69, 9.17) is 9.47 Å². The zero-order valence-corrected chi connectivity index (χ0v) is 21.6. The van der Waals surface area contributed by atoms with Gasteiger partial charge in [-0.2, -0.15) is 0 Å². The third kappa shape index (κ3) is 3.32. The molecule has 2 heterocycles. The van der Waals surface area contributed by atoms with Gasteiger partial charge in [0.05, 0.1) is 11.0 Å². The fourth-order valence-electron chi connectivity index (χ4n) is 8.08. The fraction of sp³-hybridized carbons (Fsp3) is 0.567. The molecule has 5 aliphatic rings. The number of likely N-dealkylation sites (tertiary alicyclic amines) is 1. The molecular weight excluding hydrogens is 474 g/mol. The molecule has 1 N–H and O–H groups in total. The SMILES string of the molecule is Cl.O=C1CC[C@@]2(OCCCc3ccccc3)[C@H]3Cc4ccc(O)c5c4[C@@]2(CCN3CC2CCC2)[C@H]1O5. The van der Waals surface area contributed by atoms with Crippen LogP contribution in [0.2, 0.25) is 0 Å². The zero-order chi connectivity index (χ0) is 23.6. The summed E-state index contributed by atoms with van der Waals surface area (Å²) in [5, 5.41) is 10.7. The summed E-state index contributed by atoms with van der Waals surface area (Å²) in [6.07, 6.45) is 8.41. The Bertz CT molecular complexity index is 1150. The molecule has 2 bridgehead atoms. The number of phenolic OH excluding ortho intramolecular Hbond substituents is 1. The Labute approximate surface area is 219 Å². The highest BCUT2D eigenvalue weighted by Crippen LogP contribution is 2.66. The number of carbonyl (C=O) groups is 1. The van der Waals surface area contributed by atoms with Gasteiger partial charge in [0.2, 0.25) is 0 Å². The van der Waals surface area contributed by atoms with E-state index in [-0.39, 0.29) is 30.0 Å². The van der Waals surface area contributed by atoms with Crippen LogP contribution in [0.3, 0.4) is 0 Å². The lowest BCUT2D eigenvalue weighted by Crippen LogP contribution is -2.77. The minimum Gasteiger partial charge on any atom is -0.504 e. The number of nitrogens with zero attached hydrogens (tertiary/aromatic N) is 1. The summed E-state index contributed by atoms with van der Waals surface area (Å²) in [6, 6.07) is 14.7. The van der Waals surface area contributed by atoms with Gasteiger partial charge < -0.3 is 14.6 Å². The molecule has 6 heteroatoms. The number of phenols is 1. The molecule has 2 aromatic carbocycles. The van der Waals surface area contributed by atoms with Crippen LogP contribution in [0.15, 0.2) is 42.5 Å². The number of hydrogen-bond donors (Lipinski definition) is 1. The van der Waals surface area contributed by atoms with Crippen LogP contribution in [-0.2, 0) is 27.8 Å². The predicted octanol–water partition coefficient (Wildman–Crippen LogP) is 4.99. The van der Waals surface area contributed by atoms with Crippen LogP contribution in [-0.4, -0.2) is 53.2 Å². The third-order valence-corrected chi connectivity index (χ3v) is 9.86. The largest absolute Gasteiger partial charge is 0.504 e. The van der Waals surface area contributed by atoms with Crippen LogP contribution in [0.4, 0.5) is 0 Å². The molecular formula is C30H36ClNO4. The number of hydrogen-bond acceptors (Lipinski definition) is 5. The second kappa shape index (κ2) is 9.04. The Morgan fingerprint density at radius 1 is 1.11 bits per heavy atom. The van der Waals surface area contributed by atoms with Gasteiger partial charge in [-0.05, 0) is 74.6 Å². The van der Waals surface area contributed by atoms with Gasteiger partial charge in [-0.1, -0.05) is 42.8 Å². The van der Waals surface area contributed by atoms with Gasteiger partial charge in [-0.25, -0.2) is 0 Å². The van der Waals surface area contributed by atoms with Crippen LogP contribution in [0.1, 0.15) is 61.6 Å². The summed E-state index contributed by atoms with van der Waals surface area (Å²) < 4.78 is 13.5. The van der Waals surface area contributed by atoms with E-state index in [9.17, 15) is 9.90 Å². The minimum atomic E-state index is -0.541. The van der Waals surface area contributed by atoms with Gasteiger partial charge in [0.25, 0.3) is 0 Å². The number of rotatable bonds is 7. The lowest BCUT2D eigenvalue weighted by Gasteiger charge is -2.64. The van der Waals surface area contributed by atoms with Crippen molar-refractivity contribution in [3.05, 3.63) is 59.2 Å². The van der Waals surface area contributed by atoms with Crippen LogP contribution in [0, 0.1) is 5.92 Å². The Morgan fingerprint density at radius 2 is 1.94 bits per heavy atom. The van der Waals surface area contributed by atoms with Gasteiger partial charge in [-0.3, -0.25) is 9.69 Å². The molecule has 3 fully saturated rings. The van der Waals surface area contributed by atoms with Crippen LogP contribution < -0.4 is 4.74 Å². The lowest BCUT2D eigenvalue weighted by molar-refractivity contribution is -0.215. The van der Waals surface area contributed by atoms with Crippen molar-refractivity contribution in [3.63, 3.8) is 0 Å². The van der Waals surface area contributed by atoms with E-state index >= 15 is 0 Å². The van der Waals surface area contributed by atoms with Crippen LogP contribution >= 0.6 is 12.4 Å². The van der Waals surface area contributed by atoms with E-state index in [0.29, 0.717) is 18.8 Å². The first-order valence-electron chi connectivity index (χ1n) is 13.6. The van der Waals surface area contributed by atoms with E-state index in [1.165, 1.54) is 30.4 Å².